The predicted molar refractivity (Wildman–Crippen MR) is 99.6 cm³/mol. The van der Waals surface area contributed by atoms with Crippen molar-refractivity contribution in [2.45, 2.75) is 62.6 Å². The second kappa shape index (κ2) is 6.67. The van der Waals surface area contributed by atoms with Crippen LogP contribution in [-0.4, -0.2) is 35.9 Å². The van der Waals surface area contributed by atoms with Crippen molar-refractivity contribution in [3.63, 3.8) is 0 Å². The molecule has 138 valence electrons. The van der Waals surface area contributed by atoms with Crippen LogP contribution in [0.1, 0.15) is 36.8 Å². The molecule has 2 saturated heterocycles. The average Bonchev–Trinajstić information content (AvgIpc) is 2.90. The Kier molecular flexibility index (Phi) is 4.49. The van der Waals surface area contributed by atoms with Crippen LogP contribution in [0.5, 0.6) is 5.75 Å². The van der Waals surface area contributed by atoms with Gasteiger partial charge in [0.25, 0.3) is 0 Å². The summed E-state index contributed by atoms with van der Waals surface area (Å²) in [4.78, 5) is 4.41. The standard InChI is InChI=1S/C20H24N2O3S/c1-14-3-6-20(11-15(14)2)26(23,24)22-16-4-5-17(22)13-19(12-16)25-18-7-9-21-10-8-18/h3,6-11,16-17,19H,4-5,12-13H2,1-2H3. The molecular weight excluding hydrogens is 348 g/mol. The van der Waals surface area contributed by atoms with Gasteiger partial charge in [0.15, 0.2) is 0 Å². The molecule has 1 aromatic heterocycles. The van der Waals surface area contributed by atoms with E-state index < -0.39 is 10.0 Å². The summed E-state index contributed by atoms with van der Waals surface area (Å²) in [6.45, 7) is 3.95. The van der Waals surface area contributed by atoms with Gasteiger partial charge >= 0.3 is 0 Å². The fourth-order valence-electron chi connectivity index (χ4n) is 4.18. The van der Waals surface area contributed by atoms with Crippen molar-refractivity contribution in [2.24, 2.45) is 0 Å². The molecule has 2 fully saturated rings. The van der Waals surface area contributed by atoms with Crippen LogP contribution < -0.4 is 4.74 Å². The molecule has 2 bridgehead atoms. The van der Waals surface area contributed by atoms with Gasteiger partial charge in [-0.3, -0.25) is 4.98 Å². The molecule has 2 atom stereocenters. The van der Waals surface area contributed by atoms with Crippen molar-refractivity contribution in [2.75, 3.05) is 0 Å². The van der Waals surface area contributed by atoms with Crippen LogP contribution in [0.25, 0.3) is 0 Å². The normalized spacial score (nSPS) is 26.0. The lowest BCUT2D eigenvalue weighted by molar-refractivity contribution is 0.0956. The number of fused-ring (bicyclic) bond motifs is 2. The van der Waals surface area contributed by atoms with E-state index >= 15 is 0 Å². The van der Waals surface area contributed by atoms with E-state index in [9.17, 15) is 8.42 Å². The minimum absolute atomic E-state index is 0.0206. The van der Waals surface area contributed by atoms with Crippen molar-refractivity contribution in [3.05, 3.63) is 53.9 Å². The molecule has 1 aromatic carbocycles. The highest BCUT2D eigenvalue weighted by molar-refractivity contribution is 7.89. The average molecular weight is 372 g/mol. The molecule has 4 rings (SSSR count). The molecule has 5 nitrogen and oxygen atoms in total. The van der Waals surface area contributed by atoms with Gasteiger partial charge in [-0.05, 0) is 62.1 Å². The third kappa shape index (κ3) is 3.12. The maximum Gasteiger partial charge on any atom is 0.243 e. The third-order valence-electron chi connectivity index (χ3n) is 5.63. The lowest BCUT2D eigenvalue weighted by Crippen LogP contribution is -2.49. The molecule has 0 aliphatic carbocycles. The fraction of sp³-hybridized carbons (Fsp3) is 0.450. The molecule has 0 radical (unpaired) electrons. The monoisotopic (exact) mass is 372 g/mol. The molecule has 0 amide bonds. The van der Waals surface area contributed by atoms with Gasteiger partial charge < -0.3 is 4.74 Å². The molecule has 2 unspecified atom stereocenters. The van der Waals surface area contributed by atoms with E-state index in [1.54, 1.807) is 28.8 Å². The van der Waals surface area contributed by atoms with E-state index in [1.165, 1.54) is 0 Å². The number of pyridine rings is 1. The van der Waals surface area contributed by atoms with Gasteiger partial charge in [-0.2, -0.15) is 4.31 Å². The predicted octanol–water partition coefficient (Wildman–Crippen LogP) is 3.46. The number of nitrogens with zero attached hydrogens (tertiary/aromatic N) is 2. The Labute approximate surface area is 155 Å². The van der Waals surface area contributed by atoms with E-state index in [0.717, 1.165) is 42.6 Å². The van der Waals surface area contributed by atoms with Crippen molar-refractivity contribution in [1.82, 2.24) is 9.29 Å². The topological polar surface area (TPSA) is 59.5 Å². The summed E-state index contributed by atoms with van der Waals surface area (Å²) in [5, 5.41) is 0. The Morgan fingerprint density at radius 1 is 1.00 bits per heavy atom. The van der Waals surface area contributed by atoms with Crippen LogP contribution in [-0.2, 0) is 10.0 Å². The summed E-state index contributed by atoms with van der Waals surface area (Å²) in [6.07, 6.45) is 6.77. The number of hydrogen-bond donors (Lipinski definition) is 0. The van der Waals surface area contributed by atoms with Crippen molar-refractivity contribution in [1.29, 1.82) is 0 Å². The quantitative estimate of drug-likeness (QED) is 0.825. The summed E-state index contributed by atoms with van der Waals surface area (Å²) in [6, 6.07) is 9.16. The SMILES string of the molecule is Cc1ccc(S(=O)(=O)N2C3CCC2CC(Oc2ccncc2)C3)cc1C. The van der Waals surface area contributed by atoms with E-state index in [-0.39, 0.29) is 18.2 Å². The van der Waals surface area contributed by atoms with Gasteiger partial charge in [0.1, 0.15) is 11.9 Å². The highest BCUT2D eigenvalue weighted by atomic mass is 32.2. The summed E-state index contributed by atoms with van der Waals surface area (Å²) >= 11 is 0. The maximum absolute atomic E-state index is 13.3. The molecule has 0 saturated carbocycles. The van der Waals surface area contributed by atoms with E-state index in [0.29, 0.717) is 4.90 Å². The first kappa shape index (κ1) is 17.5. The van der Waals surface area contributed by atoms with Gasteiger partial charge in [0.05, 0.1) is 4.90 Å². The second-order valence-electron chi connectivity index (χ2n) is 7.36. The first-order valence-corrected chi connectivity index (χ1v) is 10.6. The van der Waals surface area contributed by atoms with Crippen molar-refractivity contribution < 1.29 is 13.2 Å². The highest BCUT2D eigenvalue weighted by Crippen LogP contribution is 2.41. The number of benzene rings is 1. The minimum Gasteiger partial charge on any atom is -0.490 e. The molecule has 2 aliphatic heterocycles. The Morgan fingerprint density at radius 2 is 1.65 bits per heavy atom. The number of rotatable bonds is 4. The van der Waals surface area contributed by atoms with Gasteiger partial charge in [0.2, 0.25) is 10.0 Å². The minimum atomic E-state index is -3.47. The fourth-order valence-corrected chi connectivity index (χ4v) is 6.16. The van der Waals surface area contributed by atoms with Gasteiger partial charge in [0, 0.05) is 37.3 Å². The molecule has 3 heterocycles. The van der Waals surface area contributed by atoms with Gasteiger partial charge in [-0.15, -0.1) is 0 Å². The lowest BCUT2D eigenvalue weighted by Gasteiger charge is -2.37. The maximum atomic E-state index is 13.3. The van der Waals surface area contributed by atoms with Crippen LogP contribution in [0.3, 0.4) is 0 Å². The number of sulfonamides is 1. The number of aryl methyl sites for hydroxylation is 2. The Hall–Kier alpha value is -1.92. The van der Waals surface area contributed by atoms with Crippen LogP contribution in [0, 0.1) is 13.8 Å². The van der Waals surface area contributed by atoms with Crippen LogP contribution in [0.15, 0.2) is 47.6 Å². The highest BCUT2D eigenvalue weighted by Gasteiger charge is 2.47. The lowest BCUT2D eigenvalue weighted by atomic mass is 10.0. The van der Waals surface area contributed by atoms with Gasteiger partial charge in [-0.1, -0.05) is 6.07 Å². The van der Waals surface area contributed by atoms with E-state index in [2.05, 4.69) is 4.98 Å². The Morgan fingerprint density at radius 3 is 2.27 bits per heavy atom. The van der Waals surface area contributed by atoms with Crippen LogP contribution in [0.2, 0.25) is 0 Å². The zero-order chi connectivity index (χ0) is 18.3. The summed E-state index contributed by atoms with van der Waals surface area (Å²) in [7, 11) is -3.47. The first-order valence-electron chi connectivity index (χ1n) is 9.12. The zero-order valence-corrected chi connectivity index (χ0v) is 15.9. The van der Waals surface area contributed by atoms with Crippen molar-refractivity contribution >= 4 is 10.0 Å². The molecule has 2 aromatic rings. The molecule has 0 N–H and O–H groups in total. The number of hydrogen-bond acceptors (Lipinski definition) is 4. The van der Waals surface area contributed by atoms with E-state index in [1.807, 2.05) is 32.0 Å². The summed E-state index contributed by atoms with van der Waals surface area (Å²) in [5.41, 5.74) is 2.12. The van der Waals surface area contributed by atoms with Crippen LogP contribution in [0.4, 0.5) is 0 Å². The molecular formula is C20H24N2O3S. The third-order valence-corrected chi connectivity index (χ3v) is 7.63. The van der Waals surface area contributed by atoms with Crippen molar-refractivity contribution in [3.8, 4) is 5.75 Å². The molecule has 6 heteroatoms. The zero-order valence-electron chi connectivity index (χ0n) is 15.1. The first-order chi connectivity index (χ1) is 12.4. The second-order valence-corrected chi connectivity index (χ2v) is 9.20. The summed E-state index contributed by atoms with van der Waals surface area (Å²) in [5.74, 6) is 0.801. The number of aromatic nitrogens is 1. The Bertz CT molecular complexity index is 885. The number of ether oxygens (including phenoxy) is 1. The van der Waals surface area contributed by atoms with Gasteiger partial charge in [-0.25, -0.2) is 8.42 Å². The molecule has 0 spiro atoms. The largest absolute Gasteiger partial charge is 0.490 e. The number of piperidine rings is 1. The van der Waals surface area contributed by atoms with E-state index in [4.69, 9.17) is 4.74 Å². The molecule has 2 aliphatic rings. The molecule has 26 heavy (non-hydrogen) atoms. The van der Waals surface area contributed by atoms with Crippen LogP contribution >= 0.6 is 0 Å². The Balaban J connectivity index is 1.55. The summed E-state index contributed by atoms with van der Waals surface area (Å²) < 4.78 is 34.3. The smallest absolute Gasteiger partial charge is 0.243 e.